The van der Waals surface area contributed by atoms with Gasteiger partial charge < -0.3 is 5.73 Å². The highest BCUT2D eigenvalue weighted by atomic mass is 32.2. The molecule has 18 heavy (non-hydrogen) atoms. The number of aryl methyl sites for hydroxylation is 1. The Morgan fingerprint density at radius 2 is 2.28 bits per heavy atom. The summed E-state index contributed by atoms with van der Waals surface area (Å²) in [6.07, 6.45) is 0. The molecule has 0 radical (unpaired) electrons. The zero-order valence-electron chi connectivity index (χ0n) is 9.30. The molecule has 0 aliphatic heterocycles. The molecule has 4 N–H and O–H groups in total. The van der Waals surface area contributed by atoms with Crippen LogP contribution in [0, 0.1) is 6.92 Å². The summed E-state index contributed by atoms with van der Waals surface area (Å²) in [6, 6.07) is 2.95. The molecule has 2 aromatic heterocycles. The number of aromatic amines is 1. The van der Waals surface area contributed by atoms with Gasteiger partial charge in [-0.3, -0.25) is 14.6 Å². The third-order valence-corrected chi connectivity index (χ3v) is 5.18. The van der Waals surface area contributed by atoms with Gasteiger partial charge in [-0.2, -0.15) is 5.10 Å². The van der Waals surface area contributed by atoms with Crippen molar-refractivity contribution in [3.05, 3.63) is 28.8 Å². The van der Waals surface area contributed by atoms with Crippen molar-refractivity contribution in [3.8, 4) is 0 Å². The number of hydrogen-bond acceptors (Lipinski definition) is 5. The summed E-state index contributed by atoms with van der Waals surface area (Å²) >= 11 is 1.11. The summed E-state index contributed by atoms with van der Waals surface area (Å²) in [7, 11) is -3.68. The van der Waals surface area contributed by atoms with Crippen LogP contribution in [0.25, 0.3) is 0 Å². The molecule has 2 heterocycles. The van der Waals surface area contributed by atoms with Crippen LogP contribution in [0.15, 0.2) is 21.7 Å². The number of nitrogens with one attached hydrogen (secondary N) is 2. The van der Waals surface area contributed by atoms with Gasteiger partial charge in [-0.05, 0) is 23.9 Å². The van der Waals surface area contributed by atoms with Crippen LogP contribution >= 0.6 is 11.3 Å². The number of sulfonamides is 1. The molecule has 0 atom stereocenters. The maximum Gasteiger partial charge on any atom is 0.272 e. The van der Waals surface area contributed by atoms with Gasteiger partial charge in [0, 0.05) is 6.07 Å². The van der Waals surface area contributed by atoms with Crippen LogP contribution in [0.4, 0.5) is 5.82 Å². The number of hydrogen-bond donors (Lipinski definition) is 3. The molecule has 0 fully saturated rings. The summed E-state index contributed by atoms with van der Waals surface area (Å²) in [5.41, 5.74) is 5.71. The first-order chi connectivity index (χ1) is 8.40. The topological polar surface area (TPSA) is 118 Å². The Hall–Kier alpha value is -1.87. The normalized spacial score (nSPS) is 11.4. The van der Waals surface area contributed by atoms with E-state index < -0.39 is 15.9 Å². The van der Waals surface area contributed by atoms with Gasteiger partial charge in [-0.25, -0.2) is 8.42 Å². The lowest BCUT2D eigenvalue weighted by atomic mass is 10.4. The molecular formula is C9H10N4O3S2. The van der Waals surface area contributed by atoms with Crippen LogP contribution in [-0.4, -0.2) is 24.5 Å². The van der Waals surface area contributed by atoms with E-state index >= 15 is 0 Å². The minimum absolute atomic E-state index is 0.0246. The Morgan fingerprint density at radius 1 is 1.56 bits per heavy atom. The quantitative estimate of drug-likeness (QED) is 0.765. The minimum Gasteiger partial charge on any atom is -0.364 e. The van der Waals surface area contributed by atoms with E-state index in [0.29, 0.717) is 5.56 Å². The zero-order valence-corrected chi connectivity index (χ0v) is 10.9. The van der Waals surface area contributed by atoms with Gasteiger partial charge >= 0.3 is 0 Å². The molecule has 0 aliphatic rings. The lowest BCUT2D eigenvalue weighted by Gasteiger charge is -2.03. The van der Waals surface area contributed by atoms with Crippen LogP contribution < -0.4 is 10.5 Å². The fourth-order valence-electron chi connectivity index (χ4n) is 1.32. The molecule has 96 valence electrons. The third kappa shape index (κ3) is 2.36. The van der Waals surface area contributed by atoms with Gasteiger partial charge in [-0.15, -0.1) is 11.3 Å². The molecule has 0 spiro atoms. The molecule has 0 aliphatic carbocycles. The second-order valence-electron chi connectivity index (χ2n) is 3.53. The SMILES string of the molecule is Cc1ccsc1S(=O)(=O)Nc1cc(C(N)=O)[nH]n1. The fourth-order valence-corrected chi connectivity index (χ4v) is 3.73. The van der Waals surface area contributed by atoms with Crippen molar-refractivity contribution >= 4 is 33.1 Å². The predicted octanol–water partition coefficient (Wildman–Crippen LogP) is 0.679. The molecule has 0 saturated carbocycles. The molecule has 2 aromatic rings. The summed E-state index contributed by atoms with van der Waals surface area (Å²) in [5.74, 6) is -0.683. The number of anilines is 1. The highest BCUT2D eigenvalue weighted by Gasteiger charge is 2.20. The Morgan fingerprint density at radius 3 is 2.78 bits per heavy atom. The van der Waals surface area contributed by atoms with Crippen molar-refractivity contribution in [2.45, 2.75) is 11.1 Å². The van der Waals surface area contributed by atoms with E-state index in [4.69, 9.17) is 5.73 Å². The predicted molar refractivity (Wildman–Crippen MR) is 67.0 cm³/mol. The van der Waals surface area contributed by atoms with Crippen molar-refractivity contribution in [2.75, 3.05) is 4.72 Å². The van der Waals surface area contributed by atoms with Gasteiger partial charge in [0.25, 0.3) is 15.9 Å². The van der Waals surface area contributed by atoms with Crippen LogP contribution in [0.2, 0.25) is 0 Å². The van der Waals surface area contributed by atoms with Crippen LogP contribution in [0.3, 0.4) is 0 Å². The number of carbonyl (C=O) groups is 1. The third-order valence-electron chi connectivity index (χ3n) is 2.14. The summed E-state index contributed by atoms with van der Waals surface area (Å²) in [4.78, 5) is 10.8. The first kappa shape index (κ1) is 12.6. The molecule has 1 amide bonds. The Balaban J connectivity index is 2.28. The molecular weight excluding hydrogens is 276 g/mol. The molecule has 0 unspecified atom stereocenters. The van der Waals surface area contributed by atoms with Crippen LogP contribution in [0.5, 0.6) is 0 Å². The van der Waals surface area contributed by atoms with E-state index in [1.54, 1.807) is 18.4 Å². The highest BCUT2D eigenvalue weighted by Crippen LogP contribution is 2.23. The molecule has 9 heteroatoms. The maximum atomic E-state index is 12.0. The number of primary amides is 1. The number of nitrogens with two attached hydrogens (primary N) is 1. The lowest BCUT2D eigenvalue weighted by molar-refractivity contribution is 0.0995. The number of thiophene rings is 1. The monoisotopic (exact) mass is 286 g/mol. The molecule has 0 bridgehead atoms. The maximum absolute atomic E-state index is 12.0. The van der Waals surface area contributed by atoms with E-state index in [0.717, 1.165) is 11.3 Å². The second-order valence-corrected chi connectivity index (χ2v) is 6.32. The van der Waals surface area contributed by atoms with E-state index in [-0.39, 0.29) is 15.7 Å². The average molecular weight is 286 g/mol. The van der Waals surface area contributed by atoms with Gasteiger partial charge in [0.1, 0.15) is 9.90 Å². The molecule has 7 nitrogen and oxygen atoms in total. The first-order valence-electron chi connectivity index (χ1n) is 4.82. The number of rotatable bonds is 4. The van der Waals surface area contributed by atoms with Crippen molar-refractivity contribution in [1.82, 2.24) is 10.2 Å². The number of carbonyl (C=O) groups excluding carboxylic acids is 1. The Labute approximate surface area is 107 Å². The molecule has 2 rings (SSSR count). The zero-order chi connectivity index (χ0) is 13.3. The number of aromatic nitrogens is 2. The largest absolute Gasteiger partial charge is 0.364 e. The minimum atomic E-state index is -3.68. The van der Waals surface area contributed by atoms with Gasteiger partial charge in [0.15, 0.2) is 5.82 Å². The standard InChI is InChI=1S/C9H10N4O3S2/c1-5-2-3-17-9(5)18(15,16)13-7-4-6(8(10)14)11-12-7/h2-4H,1H3,(H2,10,14)(H2,11,12,13). The average Bonchev–Trinajstić information content (AvgIpc) is 2.86. The Bertz CT molecular complexity index is 686. The van der Waals surface area contributed by atoms with Crippen molar-refractivity contribution in [1.29, 1.82) is 0 Å². The highest BCUT2D eigenvalue weighted by molar-refractivity contribution is 7.94. The Kier molecular flexibility index (Phi) is 3.09. The number of H-pyrrole nitrogens is 1. The first-order valence-corrected chi connectivity index (χ1v) is 7.18. The summed E-state index contributed by atoms with van der Waals surface area (Å²) in [6.45, 7) is 1.70. The van der Waals surface area contributed by atoms with E-state index in [1.807, 2.05) is 0 Å². The van der Waals surface area contributed by atoms with Gasteiger partial charge in [0.05, 0.1) is 0 Å². The number of nitrogens with zero attached hydrogens (tertiary/aromatic N) is 1. The van der Waals surface area contributed by atoms with Crippen molar-refractivity contribution in [3.63, 3.8) is 0 Å². The van der Waals surface area contributed by atoms with Gasteiger partial charge in [0.2, 0.25) is 0 Å². The van der Waals surface area contributed by atoms with E-state index in [9.17, 15) is 13.2 Å². The number of amides is 1. The lowest BCUT2D eigenvalue weighted by Crippen LogP contribution is -2.13. The summed E-state index contributed by atoms with van der Waals surface area (Å²) in [5, 5.41) is 7.67. The van der Waals surface area contributed by atoms with Crippen molar-refractivity contribution < 1.29 is 13.2 Å². The fraction of sp³-hybridized carbons (Fsp3) is 0.111. The van der Waals surface area contributed by atoms with E-state index in [1.165, 1.54) is 6.07 Å². The summed E-state index contributed by atoms with van der Waals surface area (Å²) < 4.78 is 26.5. The van der Waals surface area contributed by atoms with Gasteiger partial charge in [-0.1, -0.05) is 0 Å². The van der Waals surface area contributed by atoms with Crippen molar-refractivity contribution in [2.24, 2.45) is 5.73 Å². The van der Waals surface area contributed by atoms with E-state index in [2.05, 4.69) is 14.9 Å². The molecule has 0 aromatic carbocycles. The smallest absolute Gasteiger partial charge is 0.272 e. The molecule has 0 saturated heterocycles. The van der Waals surface area contributed by atoms with Crippen LogP contribution in [-0.2, 0) is 10.0 Å². The van der Waals surface area contributed by atoms with Crippen LogP contribution in [0.1, 0.15) is 16.1 Å². The second kappa shape index (κ2) is 4.42.